The largest absolute Gasteiger partial charge is 0.497 e. The van der Waals surface area contributed by atoms with E-state index in [9.17, 15) is 0 Å². The zero-order valence-corrected chi connectivity index (χ0v) is 27.1. The molecule has 5 atom stereocenters. The van der Waals surface area contributed by atoms with E-state index in [0.717, 1.165) is 28.0 Å². The van der Waals surface area contributed by atoms with Crippen LogP contribution in [-0.2, 0) is 50.1 Å². The molecular weight excluding hydrogens is 604 g/mol. The Balaban J connectivity index is 1.32. The van der Waals surface area contributed by atoms with E-state index in [1.165, 1.54) is 0 Å². The maximum absolute atomic E-state index is 6.78. The van der Waals surface area contributed by atoms with Gasteiger partial charge in [0.1, 0.15) is 35.9 Å². The lowest BCUT2D eigenvalue weighted by molar-refractivity contribution is -0.310. The Morgan fingerprint density at radius 2 is 0.875 bits per heavy atom. The van der Waals surface area contributed by atoms with Crippen molar-refractivity contribution < 1.29 is 33.2 Å². The van der Waals surface area contributed by atoms with E-state index in [1.54, 1.807) is 7.11 Å². The SMILES string of the molecule is COc1ccc(OC2OC(COCc3ccccc3)C(OCc3ccccc3)C(OCc3ccccc3)C2OCc2ccccc2)cc1. The van der Waals surface area contributed by atoms with Gasteiger partial charge < -0.3 is 33.2 Å². The Morgan fingerprint density at radius 3 is 1.35 bits per heavy atom. The molecule has 5 aromatic carbocycles. The van der Waals surface area contributed by atoms with Crippen LogP contribution in [0.3, 0.4) is 0 Å². The van der Waals surface area contributed by atoms with E-state index in [0.29, 0.717) is 32.2 Å². The maximum Gasteiger partial charge on any atom is 0.229 e. The molecule has 5 unspecified atom stereocenters. The van der Waals surface area contributed by atoms with Crippen molar-refractivity contribution in [3.05, 3.63) is 168 Å². The summed E-state index contributed by atoms with van der Waals surface area (Å²) in [6, 6.07) is 47.7. The van der Waals surface area contributed by atoms with Crippen molar-refractivity contribution in [2.45, 2.75) is 57.1 Å². The minimum atomic E-state index is -0.829. The zero-order chi connectivity index (χ0) is 32.8. The lowest BCUT2D eigenvalue weighted by atomic mass is 9.97. The quantitative estimate of drug-likeness (QED) is 0.109. The molecular formula is C41H42O7. The monoisotopic (exact) mass is 646 g/mol. The summed E-state index contributed by atoms with van der Waals surface area (Å²) < 4.78 is 45.1. The molecule has 1 saturated heterocycles. The predicted molar refractivity (Wildman–Crippen MR) is 183 cm³/mol. The van der Waals surface area contributed by atoms with Gasteiger partial charge in [-0.1, -0.05) is 121 Å². The molecule has 0 radical (unpaired) electrons. The molecule has 7 heteroatoms. The van der Waals surface area contributed by atoms with Crippen LogP contribution in [0.4, 0.5) is 0 Å². The normalized spacial score (nSPS) is 20.6. The molecule has 0 aliphatic carbocycles. The number of hydrogen-bond donors (Lipinski definition) is 0. The lowest BCUT2D eigenvalue weighted by Gasteiger charge is -2.45. The minimum absolute atomic E-state index is 0.257. The summed E-state index contributed by atoms with van der Waals surface area (Å²) in [5.74, 6) is 1.35. The van der Waals surface area contributed by atoms with Crippen LogP contribution in [0.2, 0.25) is 0 Å². The number of ether oxygens (including phenoxy) is 7. The lowest BCUT2D eigenvalue weighted by Crippen LogP contribution is -2.62. The van der Waals surface area contributed by atoms with Crippen molar-refractivity contribution in [1.29, 1.82) is 0 Å². The molecule has 0 aromatic heterocycles. The van der Waals surface area contributed by atoms with Gasteiger partial charge in [0, 0.05) is 0 Å². The van der Waals surface area contributed by atoms with Gasteiger partial charge in [-0.3, -0.25) is 0 Å². The molecule has 0 spiro atoms. The van der Waals surface area contributed by atoms with Crippen molar-refractivity contribution >= 4 is 0 Å². The topological polar surface area (TPSA) is 64.6 Å². The van der Waals surface area contributed by atoms with E-state index in [-0.39, 0.29) is 6.61 Å². The Bertz CT molecular complexity index is 1600. The van der Waals surface area contributed by atoms with Crippen molar-refractivity contribution in [3.63, 3.8) is 0 Å². The van der Waals surface area contributed by atoms with E-state index in [1.807, 2.05) is 146 Å². The summed E-state index contributed by atoms with van der Waals surface area (Å²) in [7, 11) is 1.64. The molecule has 0 N–H and O–H groups in total. The van der Waals surface area contributed by atoms with Gasteiger partial charge in [-0.05, 0) is 46.5 Å². The van der Waals surface area contributed by atoms with Crippen molar-refractivity contribution in [2.24, 2.45) is 0 Å². The first kappa shape index (κ1) is 33.4. The molecule has 1 aliphatic rings. The smallest absolute Gasteiger partial charge is 0.229 e. The number of benzene rings is 5. The Hall–Kier alpha value is -4.50. The second-order valence-electron chi connectivity index (χ2n) is 11.6. The highest BCUT2D eigenvalue weighted by atomic mass is 16.7. The highest BCUT2D eigenvalue weighted by Crippen LogP contribution is 2.33. The van der Waals surface area contributed by atoms with Crippen molar-refractivity contribution in [1.82, 2.24) is 0 Å². The third kappa shape index (κ3) is 9.53. The summed E-state index contributed by atoms with van der Waals surface area (Å²) in [6.45, 7) is 1.75. The van der Waals surface area contributed by atoms with Crippen LogP contribution in [0.25, 0.3) is 0 Å². The number of methoxy groups -OCH3 is 1. The van der Waals surface area contributed by atoms with Crippen molar-refractivity contribution in [3.8, 4) is 11.5 Å². The minimum Gasteiger partial charge on any atom is -0.497 e. The third-order valence-corrected chi connectivity index (χ3v) is 8.15. The van der Waals surface area contributed by atoms with Gasteiger partial charge in [-0.2, -0.15) is 0 Å². The summed E-state index contributed by atoms with van der Waals surface area (Å²) >= 11 is 0. The van der Waals surface area contributed by atoms with Gasteiger partial charge in [-0.15, -0.1) is 0 Å². The predicted octanol–water partition coefficient (Wildman–Crippen LogP) is 7.77. The van der Waals surface area contributed by atoms with Crippen LogP contribution < -0.4 is 9.47 Å². The fourth-order valence-corrected chi connectivity index (χ4v) is 5.63. The van der Waals surface area contributed by atoms with E-state index in [4.69, 9.17) is 33.2 Å². The average molecular weight is 647 g/mol. The average Bonchev–Trinajstić information content (AvgIpc) is 3.15. The first-order valence-corrected chi connectivity index (χ1v) is 16.3. The van der Waals surface area contributed by atoms with Crippen molar-refractivity contribution in [2.75, 3.05) is 13.7 Å². The standard InChI is InChI=1S/C41H42O7/c1-42-35-22-24-36(25-23-35)47-41-40(46-29-34-20-12-5-13-21-34)39(45-28-33-18-10-4-11-19-33)38(44-27-32-16-8-3-9-17-32)37(48-41)30-43-26-31-14-6-2-7-15-31/h2-25,37-41H,26-30H2,1H3. The number of rotatable bonds is 16. The zero-order valence-electron chi connectivity index (χ0n) is 27.1. The van der Waals surface area contributed by atoms with Gasteiger partial charge >= 0.3 is 0 Å². The number of hydrogen-bond acceptors (Lipinski definition) is 7. The van der Waals surface area contributed by atoms with E-state index in [2.05, 4.69) is 0 Å². The Kier molecular flexibility index (Phi) is 12.2. The molecule has 0 bridgehead atoms. The Labute approximate surface area is 282 Å². The van der Waals surface area contributed by atoms with Crippen LogP contribution in [0.1, 0.15) is 22.3 Å². The van der Waals surface area contributed by atoms with Crippen LogP contribution in [-0.4, -0.2) is 44.4 Å². The highest BCUT2D eigenvalue weighted by molar-refractivity contribution is 5.31. The van der Waals surface area contributed by atoms with Crippen LogP contribution in [0, 0.1) is 0 Å². The van der Waals surface area contributed by atoms with Gasteiger partial charge in [0.15, 0.2) is 0 Å². The van der Waals surface area contributed by atoms with Gasteiger partial charge in [0.05, 0.1) is 40.1 Å². The second-order valence-corrected chi connectivity index (χ2v) is 11.6. The summed E-state index contributed by atoms with van der Waals surface area (Å²) in [6.07, 6.45) is -3.12. The van der Waals surface area contributed by atoms with Gasteiger partial charge in [0.25, 0.3) is 0 Å². The second kappa shape index (κ2) is 17.6. The van der Waals surface area contributed by atoms with Crippen LogP contribution in [0.5, 0.6) is 11.5 Å². The van der Waals surface area contributed by atoms with E-state index < -0.39 is 30.7 Å². The molecule has 1 heterocycles. The van der Waals surface area contributed by atoms with Crippen LogP contribution >= 0.6 is 0 Å². The first-order chi connectivity index (χ1) is 23.7. The molecule has 0 saturated carbocycles. The summed E-state index contributed by atoms with van der Waals surface area (Å²) in [5, 5.41) is 0. The third-order valence-electron chi connectivity index (χ3n) is 8.15. The molecule has 7 nitrogen and oxygen atoms in total. The fraction of sp³-hybridized carbons (Fsp3) is 0.268. The molecule has 0 amide bonds. The molecule has 248 valence electrons. The van der Waals surface area contributed by atoms with E-state index >= 15 is 0 Å². The maximum atomic E-state index is 6.78. The Morgan fingerprint density at radius 1 is 0.458 bits per heavy atom. The molecule has 48 heavy (non-hydrogen) atoms. The highest BCUT2D eigenvalue weighted by Gasteiger charge is 2.49. The van der Waals surface area contributed by atoms with Crippen LogP contribution in [0.15, 0.2) is 146 Å². The van der Waals surface area contributed by atoms with Gasteiger partial charge in [0.2, 0.25) is 6.29 Å². The fourth-order valence-electron chi connectivity index (χ4n) is 5.63. The molecule has 6 rings (SSSR count). The molecule has 1 fully saturated rings. The summed E-state index contributed by atoms with van der Waals surface area (Å²) in [5.41, 5.74) is 4.18. The first-order valence-electron chi connectivity index (χ1n) is 16.3. The van der Waals surface area contributed by atoms with Gasteiger partial charge in [-0.25, -0.2) is 0 Å². The molecule has 5 aromatic rings. The summed E-state index contributed by atoms with van der Waals surface area (Å²) in [4.78, 5) is 0. The molecule has 1 aliphatic heterocycles.